The van der Waals surface area contributed by atoms with E-state index in [2.05, 4.69) is 50.3 Å². The van der Waals surface area contributed by atoms with Gasteiger partial charge in [-0.25, -0.2) is 4.99 Å². The molecule has 18 heavy (non-hydrogen) atoms. The van der Waals surface area contributed by atoms with Crippen molar-refractivity contribution in [1.29, 1.82) is 0 Å². The lowest BCUT2D eigenvalue weighted by Crippen LogP contribution is -2.37. The van der Waals surface area contributed by atoms with E-state index in [9.17, 15) is 0 Å². The molecule has 0 bridgehead atoms. The average Bonchev–Trinajstić information content (AvgIpc) is 2.33. The highest BCUT2D eigenvalue weighted by Gasteiger charge is 1.96. The van der Waals surface area contributed by atoms with E-state index in [0.717, 1.165) is 17.0 Å². The maximum absolute atomic E-state index is 4.49. The van der Waals surface area contributed by atoms with Gasteiger partial charge in [0.15, 0.2) is 5.96 Å². The van der Waals surface area contributed by atoms with E-state index in [1.165, 1.54) is 5.56 Å². The van der Waals surface area contributed by atoms with Crippen molar-refractivity contribution in [2.24, 2.45) is 4.99 Å². The Balaban J connectivity index is 0.00000289. The minimum Gasteiger partial charge on any atom is -0.357 e. The Bertz CT molecular complexity index is 394. The van der Waals surface area contributed by atoms with Gasteiger partial charge in [-0.3, -0.25) is 0 Å². The highest BCUT2D eigenvalue weighted by molar-refractivity contribution is 14.0. The third-order valence-corrected chi connectivity index (χ3v) is 2.56. The van der Waals surface area contributed by atoms with Crippen molar-refractivity contribution in [2.45, 2.75) is 13.5 Å². The summed E-state index contributed by atoms with van der Waals surface area (Å²) in [6, 6.07) is 8.15. The molecule has 0 aromatic heterocycles. The standard InChI is InChI=1S/C13H18BrN3.HI/c1-3-8-16-13(15-4-2)17-10-11-6-5-7-12(14)9-11;/h3,5-7,9H,1,4,8,10H2,2H3,(H2,15,16,17);1H. The maximum atomic E-state index is 4.49. The van der Waals surface area contributed by atoms with Crippen LogP contribution in [0.5, 0.6) is 0 Å². The zero-order valence-corrected chi connectivity index (χ0v) is 14.4. The largest absolute Gasteiger partial charge is 0.357 e. The zero-order valence-electron chi connectivity index (χ0n) is 10.4. The smallest absolute Gasteiger partial charge is 0.191 e. The molecule has 0 amide bonds. The summed E-state index contributed by atoms with van der Waals surface area (Å²) >= 11 is 3.45. The molecule has 2 N–H and O–H groups in total. The van der Waals surface area contributed by atoms with Crippen molar-refractivity contribution in [3.05, 3.63) is 47.0 Å². The van der Waals surface area contributed by atoms with Crippen molar-refractivity contribution in [2.75, 3.05) is 13.1 Å². The molecule has 100 valence electrons. The van der Waals surface area contributed by atoms with Crippen molar-refractivity contribution in [1.82, 2.24) is 10.6 Å². The molecule has 0 saturated carbocycles. The number of benzene rings is 1. The van der Waals surface area contributed by atoms with E-state index in [4.69, 9.17) is 0 Å². The molecule has 0 radical (unpaired) electrons. The van der Waals surface area contributed by atoms with Crippen LogP contribution in [0, 0.1) is 0 Å². The third-order valence-electron chi connectivity index (χ3n) is 2.07. The van der Waals surface area contributed by atoms with Gasteiger partial charge < -0.3 is 10.6 Å². The van der Waals surface area contributed by atoms with Crippen LogP contribution in [0.25, 0.3) is 0 Å². The molecule has 0 aliphatic carbocycles. The van der Waals surface area contributed by atoms with Gasteiger partial charge in [-0.2, -0.15) is 0 Å². The normalized spacial score (nSPS) is 10.4. The van der Waals surface area contributed by atoms with Gasteiger partial charge in [-0.15, -0.1) is 30.6 Å². The minimum atomic E-state index is 0. The number of nitrogens with one attached hydrogen (secondary N) is 2. The molecule has 0 heterocycles. The van der Waals surface area contributed by atoms with Crippen LogP contribution in [0.1, 0.15) is 12.5 Å². The van der Waals surface area contributed by atoms with Gasteiger partial charge >= 0.3 is 0 Å². The highest BCUT2D eigenvalue weighted by Crippen LogP contribution is 2.12. The topological polar surface area (TPSA) is 36.4 Å². The Morgan fingerprint density at radius 3 is 2.83 bits per heavy atom. The molecule has 0 atom stereocenters. The fraction of sp³-hybridized carbons (Fsp3) is 0.308. The number of nitrogens with zero attached hydrogens (tertiary/aromatic N) is 1. The van der Waals surface area contributed by atoms with Crippen molar-refractivity contribution in [3.63, 3.8) is 0 Å². The summed E-state index contributed by atoms with van der Waals surface area (Å²) in [5.74, 6) is 0.812. The van der Waals surface area contributed by atoms with E-state index in [1.807, 2.05) is 25.1 Å². The van der Waals surface area contributed by atoms with E-state index < -0.39 is 0 Å². The van der Waals surface area contributed by atoms with Gasteiger partial charge in [0.05, 0.1) is 6.54 Å². The van der Waals surface area contributed by atoms with Gasteiger partial charge in [0.2, 0.25) is 0 Å². The van der Waals surface area contributed by atoms with Crippen molar-refractivity contribution < 1.29 is 0 Å². The Morgan fingerprint density at radius 2 is 2.22 bits per heavy atom. The predicted octanol–water partition coefficient (Wildman–Crippen LogP) is 3.31. The molecule has 1 aromatic rings. The molecule has 3 nitrogen and oxygen atoms in total. The molecule has 1 aromatic carbocycles. The Labute approximate surface area is 134 Å². The summed E-state index contributed by atoms with van der Waals surface area (Å²) in [7, 11) is 0. The Morgan fingerprint density at radius 1 is 1.44 bits per heavy atom. The number of hydrogen-bond acceptors (Lipinski definition) is 1. The Hall–Kier alpha value is -0.560. The molecule has 0 aliphatic rings. The van der Waals surface area contributed by atoms with Gasteiger partial charge in [0.25, 0.3) is 0 Å². The second kappa shape index (κ2) is 10.4. The molecule has 0 aliphatic heterocycles. The highest BCUT2D eigenvalue weighted by atomic mass is 127. The van der Waals surface area contributed by atoms with E-state index in [1.54, 1.807) is 0 Å². The van der Waals surface area contributed by atoms with Gasteiger partial charge in [0.1, 0.15) is 0 Å². The van der Waals surface area contributed by atoms with Crippen molar-refractivity contribution >= 4 is 45.9 Å². The van der Waals surface area contributed by atoms with Crippen LogP contribution in [0.15, 0.2) is 46.4 Å². The van der Waals surface area contributed by atoms with Crippen LogP contribution in [0.4, 0.5) is 0 Å². The van der Waals surface area contributed by atoms with E-state index >= 15 is 0 Å². The van der Waals surface area contributed by atoms with Gasteiger partial charge in [-0.05, 0) is 24.6 Å². The lowest BCUT2D eigenvalue weighted by molar-refractivity contribution is 0.860. The lowest BCUT2D eigenvalue weighted by Gasteiger charge is -2.09. The van der Waals surface area contributed by atoms with Crippen LogP contribution in [-0.2, 0) is 6.54 Å². The Kier molecular flexibility index (Phi) is 10.0. The number of halogens is 2. The summed E-state index contributed by atoms with van der Waals surface area (Å²) in [6.07, 6.45) is 1.81. The summed E-state index contributed by atoms with van der Waals surface area (Å²) in [4.78, 5) is 4.49. The van der Waals surface area contributed by atoms with Gasteiger partial charge in [-0.1, -0.05) is 34.1 Å². The molecule has 0 spiro atoms. The fourth-order valence-electron chi connectivity index (χ4n) is 1.32. The van der Waals surface area contributed by atoms with Crippen LogP contribution in [0.2, 0.25) is 0 Å². The van der Waals surface area contributed by atoms with Crippen LogP contribution in [0.3, 0.4) is 0 Å². The monoisotopic (exact) mass is 423 g/mol. The first-order chi connectivity index (χ1) is 8.26. The van der Waals surface area contributed by atoms with Crippen molar-refractivity contribution in [3.8, 4) is 0 Å². The summed E-state index contributed by atoms with van der Waals surface area (Å²) in [5.41, 5.74) is 1.18. The second-order valence-electron chi connectivity index (χ2n) is 3.49. The minimum absolute atomic E-state index is 0. The van der Waals surface area contributed by atoms with Gasteiger partial charge in [0, 0.05) is 17.6 Å². The van der Waals surface area contributed by atoms with E-state index in [0.29, 0.717) is 13.1 Å². The molecule has 1 rings (SSSR count). The fourth-order valence-corrected chi connectivity index (χ4v) is 1.76. The summed E-state index contributed by atoms with van der Waals surface area (Å²) in [5, 5.41) is 6.35. The number of guanidine groups is 1. The lowest BCUT2D eigenvalue weighted by atomic mass is 10.2. The molecule has 5 heteroatoms. The SMILES string of the molecule is C=CCNC(=NCc1cccc(Br)c1)NCC.I. The number of hydrogen-bond donors (Lipinski definition) is 2. The predicted molar refractivity (Wildman–Crippen MR) is 92.6 cm³/mol. The van der Waals surface area contributed by atoms with Crippen LogP contribution < -0.4 is 10.6 Å². The first kappa shape index (κ1) is 17.4. The third kappa shape index (κ3) is 7.00. The quantitative estimate of drug-likeness (QED) is 0.330. The molecule has 0 saturated heterocycles. The summed E-state index contributed by atoms with van der Waals surface area (Å²) < 4.78 is 1.08. The molecular weight excluding hydrogens is 405 g/mol. The first-order valence-corrected chi connectivity index (χ1v) is 6.43. The van der Waals surface area contributed by atoms with Crippen LogP contribution in [-0.4, -0.2) is 19.0 Å². The van der Waals surface area contributed by atoms with Crippen LogP contribution >= 0.6 is 39.9 Å². The van der Waals surface area contributed by atoms with E-state index in [-0.39, 0.29) is 24.0 Å². The maximum Gasteiger partial charge on any atom is 0.191 e. The second-order valence-corrected chi connectivity index (χ2v) is 4.41. The molecule has 0 fully saturated rings. The average molecular weight is 424 g/mol. The number of aliphatic imine (C=N–C) groups is 1. The first-order valence-electron chi connectivity index (χ1n) is 5.63. The summed E-state index contributed by atoms with van der Waals surface area (Å²) in [6.45, 7) is 7.94. The molecular formula is C13H19BrIN3. The number of rotatable bonds is 5. The molecule has 0 unspecified atom stereocenters. The zero-order chi connectivity index (χ0) is 12.5.